The largest absolute Gasteiger partial charge is 0.472 e. The minimum atomic E-state index is -4.94. The number of phosphoric acid groups is 2. The highest BCUT2D eigenvalue weighted by Gasteiger charge is 2.30. The van der Waals surface area contributed by atoms with Crippen LogP contribution in [0.2, 0.25) is 0 Å². The molecule has 0 rings (SSSR count). The maximum Gasteiger partial charge on any atom is 0.472 e. The summed E-state index contributed by atoms with van der Waals surface area (Å²) in [6.07, 6.45) is 36.5. The van der Waals surface area contributed by atoms with Crippen molar-refractivity contribution in [2.24, 2.45) is 11.8 Å². The molecule has 0 saturated heterocycles. The fourth-order valence-electron chi connectivity index (χ4n) is 9.15. The molecular weight excluding hydrogens is 1080 g/mol. The SMILES string of the molecule is CCCCCCCCCCCC(=O)O[C@H](COC(=O)CCCCCCC)COP(=O)(O)OC[C@H](O)COP(=O)(O)OC[C@@H](COC(=O)CCCCCCCCCCCCC(C)C)OC(=O)CCCCCCCCCCCCC(C)CC. The zero-order valence-corrected chi connectivity index (χ0v) is 53.9. The third-order valence-electron chi connectivity index (χ3n) is 14.6. The standard InChI is InChI=1S/C62H120O17P2/c1-7-10-12-14-15-20-28-34-40-46-61(66)78-57(50-72-59(64)44-38-30-13-11-8-2)52-76-80(68,69)74-48-56(63)49-75-81(70,71)77-53-58(51-73-60(65)45-39-33-27-23-18-16-21-25-31-36-42-54(4)5)79-62(67)47-41-35-29-24-19-17-22-26-32-37-43-55(6)9-3/h54-58,63H,7-53H2,1-6H3,(H,68,69)(H,70,71)/t55?,56-,57+,58+/m0/s1. The van der Waals surface area contributed by atoms with Gasteiger partial charge >= 0.3 is 39.5 Å². The second-order valence-corrected chi connectivity index (χ2v) is 26.1. The first-order valence-electron chi connectivity index (χ1n) is 32.5. The molecule has 0 aromatic carbocycles. The smallest absolute Gasteiger partial charge is 0.462 e. The van der Waals surface area contributed by atoms with Crippen LogP contribution in [-0.2, 0) is 65.4 Å². The first-order chi connectivity index (χ1) is 38.9. The molecule has 0 aromatic rings. The van der Waals surface area contributed by atoms with E-state index < -0.39 is 97.5 Å². The summed E-state index contributed by atoms with van der Waals surface area (Å²) in [4.78, 5) is 71.9. The van der Waals surface area contributed by atoms with Crippen LogP contribution >= 0.6 is 15.6 Å². The van der Waals surface area contributed by atoms with Gasteiger partial charge in [0.15, 0.2) is 12.2 Å². The van der Waals surface area contributed by atoms with Gasteiger partial charge in [-0.2, -0.15) is 0 Å². The van der Waals surface area contributed by atoms with Crippen LogP contribution in [0.25, 0.3) is 0 Å². The first-order valence-corrected chi connectivity index (χ1v) is 35.5. The summed E-state index contributed by atoms with van der Waals surface area (Å²) in [6, 6.07) is 0. The van der Waals surface area contributed by atoms with E-state index in [9.17, 15) is 43.2 Å². The Morgan fingerprint density at radius 2 is 0.630 bits per heavy atom. The molecule has 0 saturated carbocycles. The Balaban J connectivity index is 5.19. The van der Waals surface area contributed by atoms with Crippen LogP contribution in [0.5, 0.6) is 0 Å². The summed E-state index contributed by atoms with van der Waals surface area (Å²) in [6.45, 7) is 9.40. The molecule has 19 heteroatoms. The third-order valence-corrected chi connectivity index (χ3v) is 16.5. The predicted octanol–water partition coefficient (Wildman–Crippen LogP) is 16.9. The van der Waals surface area contributed by atoms with Crippen molar-refractivity contribution in [2.75, 3.05) is 39.6 Å². The molecule has 81 heavy (non-hydrogen) atoms. The molecule has 0 aliphatic rings. The second kappa shape index (κ2) is 54.7. The van der Waals surface area contributed by atoms with Crippen LogP contribution in [-0.4, -0.2) is 96.7 Å². The minimum Gasteiger partial charge on any atom is -0.462 e. The number of ether oxygens (including phenoxy) is 4. The third kappa shape index (κ3) is 55.7. The van der Waals surface area contributed by atoms with Gasteiger partial charge < -0.3 is 33.8 Å². The van der Waals surface area contributed by atoms with Crippen LogP contribution in [0.15, 0.2) is 0 Å². The molecule has 0 aliphatic carbocycles. The van der Waals surface area contributed by atoms with E-state index in [-0.39, 0.29) is 25.7 Å². The Hall–Kier alpha value is -1.94. The van der Waals surface area contributed by atoms with E-state index in [0.29, 0.717) is 25.7 Å². The Labute approximate surface area is 492 Å². The van der Waals surface area contributed by atoms with Gasteiger partial charge in [0.05, 0.1) is 26.4 Å². The summed E-state index contributed by atoms with van der Waals surface area (Å²) in [7, 11) is -9.87. The van der Waals surface area contributed by atoms with Gasteiger partial charge in [0.2, 0.25) is 0 Å². The van der Waals surface area contributed by atoms with Gasteiger partial charge in [0.1, 0.15) is 19.3 Å². The lowest BCUT2D eigenvalue weighted by Crippen LogP contribution is -2.30. The lowest BCUT2D eigenvalue weighted by atomic mass is 9.99. The first kappa shape index (κ1) is 79.1. The molecule has 0 fully saturated rings. The van der Waals surface area contributed by atoms with Crippen molar-refractivity contribution in [3.05, 3.63) is 0 Å². The Kier molecular flexibility index (Phi) is 53.4. The molecule has 6 atom stereocenters. The summed E-state index contributed by atoms with van der Waals surface area (Å²) in [5.41, 5.74) is 0. The van der Waals surface area contributed by atoms with Crippen molar-refractivity contribution in [2.45, 2.75) is 323 Å². The number of aliphatic hydroxyl groups excluding tert-OH is 1. The van der Waals surface area contributed by atoms with Gasteiger partial charge in [-0.1, -0.05) is 253 Å². The fraction of sp³-hybridized carbons (Fsp3) is 0.935. The van der Waals surface area contributed by atoms with Crippen molar-refractivity contribution in [3.63, 3.8) is 0 Å². The number of carbonyl (C=O) groups excluding carboxylic acids is 4. The lowest BCUT2D eigenvalue weighted by Gasteiger charge is -2.21. The topological polar surface area (TPSA) is 237 Å². The molecule has 0 aliphatic heterocycles. The van der Waals surface area contributed by atoms with Crippen molar-refractivity contribution >= 4 is 39.5 Å². The average molecular weight is 1200 g/mol. The Morgan fingerprint density at radius 3 is 0.938 bits per heavy atom. The van der Waals surface area contributed by atoms with E-state index in [1.54, 1.807) is 0 Å². The summed E-state index contributed by atoms with van der Waals surface area (Å²) >= 11 is 0. The van der Waals surface area contributed by atoms with Gasteiger partial charge in [0.25, 0.3) is 0 Å². The zero-order chi connectivity index (χ0) is 60.1. The van der Waals surface area contributed by atoms with Crippen molar-refractivity contribution in [1.82, 2.24) is 0 Å². The van der Waals surface area contributed by atoms with Crippen molar-refractivity contribution in [3.8, 4) is 0 Å². The highest BCUT2D eigenvalue weighted by molar-refractivity contribution is 7.47. The molecule has 0 bridgehead atoms. The normalized spacial score (nSPS) is 14.7. The van der Waals surface area contributed by atoms with Crippen molar-refractivity contribution < 1.29 is 80.2 Å². The maximum atomic E-state index is 13.0. The van der Waals surface area contributed by atoms with Crippen LogP contribution in [0.4, 0.5) is 0 Å². The molecule has 480 valence electrons. The number of unbranched alkanes of at least 4 members (excludes halogenated alkanes) is 30. The van der Waals surface area contributed by atoms with Gasteiger partial charge in [-0.25, -0.2) is 9.13 Å². The number of hydrogen-bond acceptors (Lipinski definition) is 15. The number of rotatable bonds is 61. The van der Waals surface area contributed by atoms with Crippen LogP contribution in [0.1, 0.15) is 305 Å². The Bertz CT molecular complexity index is 1600. The van der Waals surface area contributed by atoms with Gasteiger partial charge in [0, 0.05) is 25.7 Å². The van der Waals surface area contributed by atoms with E-state index in [2.05, 4.69) is 41.5 Å². The van der Waals surface area contributed by atoms with Crippen LogP contribution < -0.4 is 0 Å². The average Bonchev–Trinajstić information content (AvgIpc) is 3.43. The van der Waals surface area contributed by atoms with Gasteiger partial charge in [-0.15, -0.1) is 0 Å². The molecule has 0 heterocycles. The van der Waals surface area contributed by atoms with Crippen LogP contribution in [0.3, 0.4) is 0 Å². The van der Waals surface area contributed by atoms with Gasteiger partial charge in [-0.05, 0) is 37.5 Å². The minimum absolute atomic E-state index is 0.104. The zero-order valence-electron chi connectivity index (χ0n) is 52.1. The molecule has 3 unspecified atom stereocenters. The van der Waals surface area contributed by atoms with E-state index in [1.807, 2.05) is 0 Å². The van der Waals surface area contributed by atoms with Crippen molar-refractivity contribution in [1.29, 1.82) is 0 Å². The molecular formula is C62H120O17P2. The number of esters is 4. The fourth-order valence-corrected chi connectivity index (χ4v) is 10.7. The summed E-state index contributed by atoms with van der Waals surface area (Å²) < 4.78 is 67.7. The van der Waals surface area contributed by atoms with Crippen LogP contribution in [0, 0.1) is 11.8 Å². The molecule has 0 spiro atoms. The van der Waals surface area contributed by atoms with E-state index >= 15 is 0 Å². The maximum absolute atomic E-state index is 13.0. The van der Waals surface area contributed by atoms with E-state index in [1.165, 1.54) is 116 Å². The lowest BCUT2D eigenvalue weighted by molar-refractivity contribution is -0.161. The van der Waals surface area contributed by atoms with E-state index in [4.69, 9.17) is 37.0 Å². The number of aliphatic hydroxyl groups is 1. The number of carbonyl (C=O) groups is 4. The summed E-state index contributed by atoms with van der Waals surface area (Å²) in [5.74, 6) is -0.586. The summed E-state index contributed by atoms with van der Waals surface area (Å²) in [5, 5.41) is 10.5. The molecule has 17 nitrogen and oxygen atoms in total. The Morgan fingerprint density at radius 1 is 0.358 bits per heavy atom. The molecule has 0 aromatic heterocycles. The van der Waals surface area contributed by atoms with E-state index in [0.717, 1.165) is 108 Å². The predicted molar refractivity (Wildman–Crippen MR) is 321 cm³/mol. The number of phosphoric ester groups is 2. The molecule has 0 radical (unpaired) electrons. The van der Waals surface area contributed by atoms with Gasteiger partial charge in [-0.3, -0.25) is 37.3 Å². The highest BCUT2D eigenvalue weighted by atomic mass is 31.2. The molecule has 3 N–H and O–H groups in total. The second-order valence-electron chi connectivity index (χ2n) is 23.2. The monoisotopic (exact) mass is 1200 g/mol. The number of hydrogen-bond donors (Lipinski definition) is 3. The molecule has 0 amide bonds. The quantitative estimate of drug-likeness (QED) is 0.0222. The highest BCUT2D eigenvalue weighted by Crippen LogP contribution is 2.45.